The molecule has 3 aromatic carbocycles. The Morgan fingerprint density at radius 1 is 0.778 bits per heavy atom. The molecule has 0 saturated carbocycles. The van der Waals surface area contributed by atoms with Gasteiger partial charge in [0.1, 0.15) is 0 Å². The number of hydrogen-bond donors (Lipinski definition) is 1. The highest BCUT2D eigenvalue weighted by molar-refractivity contribution is 5.81. The third-order valence-corrected chi connectivity index (χ3v) is 4.23. The van der Waals surface area contributed by atoms with E-state index >= 15 is 0 Å². The van der Waals surface area contributed by atoms with Crippen LogP contribution in [-0.2, 0) is 0 Å². The summed E-state index contributed by atoms with van der Waals surface area (Å²) in [5, 5.41) is 0. The Kier molecular flexibility index (Phi) is 8.88. The number of unbranched alkanes of at least 4 members (excludes halogenated alkanes) is 2. The number of nitrogens with zero attached hydrogens (tertiary/aromatic N) is 1. The molecule has 3 rings (SSSR count). The molecule has 0 atom stereocenters. The van der Waals surface area contributed by atoms with E-state index in [9.17, 15) is 0 Å². The van der Waals surface area contributed by atoms with Crippen molar-refractivity contribution in [3.8, 4) is 0 Å². The molecule has 0 saturated heterocycles. The van der Waals surface area contributed by atoms with Crippen molar-refractivity contribution in [2.24, 2.45) is 5.73 Å². The van der Waals surface area contributed by atoms with Crippen LogP contribution in [0.5, 0.6) is 0 Å². The molecular formula is C25H30N2. The first-order valence-electron chi connectivity index (χ1n) is 9.63. The minimum absolute atomic E-state index is 0.855. The highest BCUT2D eigenvalue weighted by atomic mass is 15.1. The fourth-order valence-corrected chi connectivity index (χ4v) is 2.84. The van der Waals surface area contributed by atoms with Crippen LogP contribution in [0.1, 0.15) is 31.7 Å². The first-order chi connectivity index (χ1) is 13.3. The fourth-order valence-electron chi connectivity index (χ4n) is 2.84. The normalized spacial score (nSPS) is 9.85. The van der Waals surface area contributed by atoms with Crippen LogP contribution in [0.4, 0.5) is 17.1 Å². The standard InChI is InChI=1S/C20H17N.C5H13N/c1-2-17-11-9-10-16-20(17)21(18-12-5-3-6-13-18)19-14-7-4-8-15-19;1-2-3-4-5-6/h2-16H,1H2;2-6H2,1H3. The minimum atomic E-state index is 0.855. The van der Waals surface area contributed by atoms with Gasteiger partial charge in [0.25, 0.3) is 0 Å². The highest BCUT2D eigenvalue weighted by Gasteiger charge is 2.13. The third kappa shape index (κ3) is 6.12. The summed E-state index contributed by atoms with van der Waals surface area (Å²) >= 11 is 0. The third-order valence-electron chi connectivity index (χ3n) is 4.23. The maximum atomic E-state index is 5.21. The molecule has 0 unspecified atom stereocenters. The van der Waals surface area contributed by atoms with Gasteiger partial charge in [-0.05, 0) is 48.9 Å². The van der Waals surface area contributed by atoms with Gasteiger partial charge in [-0.3, -0.25) is 0 Å². The van der Waals surface area contributed by atoms with Crippen molar-refractivity contribution < 1.29 is 0 Å². The van der Waals surface area contributed by atoms with Crippen LogP contribution in [0.25, 0.3) is 6.08 Å². The summed E-state index contributed by atoms with van der Waals surface area (Å²) in [4.78, 5) is 2.25. The Labute approximate surface area is 164 Å². The van der Waals surface area contributed by atoms with E-state index in [4.69, 9.17) is 5.73 Å². The van der Waals surface area contributed by atoms with Gasteiger partial charge in [-0.1, -0.05) is 87.0 Å². The van der Waals surface area contributed by atoms with E-state index < -0.39 is 0 Å². The lowest BCUT2D eigenvalue weighted by atomic mass is 10.1. The second-order valence-corrected chi connectivity index (χ2v) is 6.27. The summed E-state index contributed by atoms with van der Waals surface area (Å²) in [6.07, 6.45) is 5.65. The molecule has 3 aromatic rings. The van der Waals surface area contributed by atoms with Gasteiger partial charge < -0.3 is 10.6 Å². The first kappa shape index (κ1) is 20.5. The molecule has 2 heteroatoms. The fraction of sp³-hybridized carbons (Fsp3) is 0.200. The van der Waals surface area contributed by atoms with Crippen LogP contribution < -0.4 is 10.6 Å². The Bertz CT molecular complexity index is 738. The predicted molar refractivity (Wildman–Crippen MR) is 120 cm³/mol. The number of anilines is 3. The molecule has 0 aromatic heterocycles. The highest BCUT2D eigenvalue weighted by Crippen LogP contribution is 2.36. The van der Waals surface area contributed by atoms with E-state index in [2.05, 4.69) is 85.1 Å². The predicted octanol–water partition coefficient (Wildman–Crippen LogP) is 6.93. The zero-order chi connectivity index (χ0) is 19.3. The lowest BCUT2D eigenvalue weighted by molar-refractivity contribution is 0.727. The molecule has 2 N–H and O–H groups in total. The summed E-state index contributed by atoms with van der Waals surface area (Å²) in [6.45, 7) is 6.97. The van der Waals surface area contributed by atoms with Gasteiger partial charge in [0.15, 0.2) is 0 Å². The number of hydrogen-bond acceptors (Lipinski definition) is 2. The monoisotopic (exact) mass is 358 g/mol. The largest absolute Gasteiger partial charge is 0.330 e. The second-order valence-electron chi connectivity index (χ2n) is 6.27. The van der Waals surface area contributed by atoms with Crippen molar-refractivity contribution >= 4 is 23.1 Å². The smallest absolute Gasteiger partial charge is 0.0533 e. The van der Waals surface area contributed by atoms with Crippen LogP contribution in [-0.4, -0.2) is 6.54 Å². The van der Waals surface area contributed by atoms with Crippen LogP contribution in [0.15, 0.2) is 91.5 Å². The van der Waals surface area contributed by atoms with E-state index in [0.29, 0.717) is 0 Å². The molecule has 0 amide bonds. The van der Waals surface area contributed by atoms with Gasteiger partial charge in [-0.25, -0.2) is 0 Å². The zero-order valence-electron chi connectivity index (χ0n) is 16.2. The quantitative estimate of drug-likeness (QED) is 0.464. The minimum Gasteiger partial charge on any atom is -0.330 e. The zero-order valence-corrected chi connectivity index (χ0v) is 16.2. The lowest BCUT2D eigenvalue weighted by Gasteiger charge is -2.26. The molecule has 0 aliphatic rings. The maximum absolute atomic E-state index is 5.21. The van der Waals surface area contributed by atoms with E-state index in [0.717, 1.165) is 29.2 Å². The van der Waals surface area contributed by atoms with Gasteiger partial charge in [0, 0.05) is 11.4 Å². The summed E-state index contributed by atoms with van der Waals surface area (Å²) < 4.78 is 0. The average molecular weight is 359 g/mol. The van der Waals surface area contributed by atoms with Crippen LogP contribution >= 0.6 is 0 Å². The Hall–Kier alpha value is -2.84. The summed E-state index contributed by atoms with van der Waals surface area (Å²) in [5.41, 5.74) is 9.73. The Morgan fingerprint density at radius 3 is 1.74 bits per heavy atom. The van der Waals surface area contributed by atoms with Gasteiger partial charge in [0.05, 0.1) is 5.69 Å². The van der Waals surface area contributed by atoms with Gasteiger partial charge in [0.2, 0.25) is 0 Å². The van der Waals surface area contributed by atoms with Gasteiger partial charge >= 0.3 is 0 Å². The first-order valence-corrected chi connectivity index (χ1v) is 9.63. The Morgan fingerprint density at radius 2 is 1.30 bits per heavy atom. The Balaban J connectivity index is 0.000000380. The van der Waals surface area contributed by atoms with Crippen molar-refractivity contribution in [3.63, 3.8) is 0 Å². The number of rotatable bonds is 7. The van der Waals surface area contributed by atoms with Crippen molar-refractivity contribution in [3.05, 3.63) is 97.1 Å². The van der Waals surface area contributed by atoms with E-state index in [-0.39, 0.29) is 0 Å². The molecular weight excluding hydrogens is 328 g/mol. The molecule has 0 radical (unpaired) electrons. The molecule has 0 bridgehead atoms. The summed E-state index contributed by atoms with van der Waals surface area (Å²) in [6, 6.07) is 29.1. The number of benzene rings is 3. The lowest BCUT2D eigenvalue weighted by Crippen LogP contribution is -2.10. The topological polar surface area (TPSA) is 29.3 Å². The van der Waals surface area contributed by atoms with E-state index in [1.807, 2.05) is 24.3 Å². The SMILES string of the molecule is C=Cc1ccccc1N(c1ccccc1)c1ccccc1.CCCCCN. The van der Waals surface area contributed by atoms with Crippen LogP contribution in [0.3, 0.4) is 0 Å². The molecule has 2 nitrogen and oxygen atoms in total. The summed E-state index contributed by atoms with van der Waals surface area (Å²) in [7, 11) is 0. The van der Waals surface area contributed by atoms with E-state index in [1.54, 1.807) is 0 Å². The molecule has 140 valence electrons. The molecule has 0 fully saturated rings. The van der Waals surface area contributed by atoms with E-state index in [1.165, 1.54) is 19.3 Å². The van der Waals surface area contributed by atoms with Gasteiger partial charge in [-0.15, -0.1) is 0 Å². The molecule has 27 heavy (non-hydrogen) atoms. The van der Waals surface area contributed by atoms with Gasteiger partial charge in [-0.2, -0.15) is 0 Å². The second kappa shape index (κ2) is 11.7. The number of para-hydroxylation sites is 3. The maximum Gasteiger partial charge on any atom is 0.0533 e. The molecule has 0 spiro atoms. The average Bonchev–Trinajstić information content (AvgIpc) is 2.75. The van der Waals surface area contributed by atoms with Crippen molar-refractivity contribution in [2.45, 2.75) is 26.2 Å². The summed E-state index contributed by atoms with van der Waals surface area (Å²) in [5.74, 6) is 0. The molecule has 0 aliphatic heterocycles. The van der Waals surface area contributed by atoms with Crippen molar-refractivity contribution in [1.29, 1.82) is 0 Å². The van der Waals surface area contributed by atoms with Crippen LogP contribution in [0, 0.1) is 0 Å². The molecule has 0 heterocycles. The van der Waals surface area contributed by atoms with Crippen molar-refractivity contribution in [1.82, 2.24) is 0 Å². The number of nitrogens with two attached hydrogens (primary N) is 1. The van der Waals surface area contributed by atoms with Crippen LogP contribution in [0.2, 0.25) is 0 Å². The van der Waals surface area contributed by atoms with Crippen molar-refractivity contribution in [2.75, 3.05) is 11.4 Å². The molecule has 0 aliphatic carbocycles.